The Morgan fingerprint density at radius 1 is 1.12 bits per heavy atom. The van der Waals surface area contributed by atoms with E-state index in [0.29, 0.717) is 10.7 Å². The second-order valence-electron chi connectivity index (χ2n) is 5.37. The van der Waals surface area contributed by atoms with E-state index in [1.165, 1.54) is 38.2 Å². The molecule has 0 unspecified atom stereocenters. The molecule has 0 aromatic heterocycles. The molecule has 0 saturated heterocycles. The molecule has 0 saturated carbocycles. The lowest BCUT2D eigenvalue weighted by atomic mass is 10.2. The van der Waals surface area contributed by atoms with E-state index in [0.717, 1.165) is 4.31 Å². The number of nitrogens with zero attached hydrogens (tertiary/aromatic N) is 1. The quantitative estimate of drug-likeness (QED) is 0.781. The second kappa shape index (κ2) is 7.77. The van der Waals surface area contributed by atoms with E-state index in [1.807, 2.05) is 0 Å². The van der Waals surface area contributed by atoms with Gasteiger partial charge in [0, 0.05) is 12.6 Å². The lowest BCUT2D eigenvalue weighted by molar-refractivity contribution is -0.116. The first kappa shape index (κ1) is 19.1. The van der Waals surface area contributed by atoms with Crippen molar-refractivity contribution in [3.63, 3.8) is 0 Å². The molecule has 2 aromatic rings. The van der Waals surface area contributed by atoms with E-state index < -0.39 is 22.5 Å². The van der Waals surface area contributed by atoms with Crippen LogP contribution in [0.5, 0.6) is 0 Å². The highest BCUT2D eigenvalue weighted by molar-refractivity contribution is 7.89. The highest BCUT2D eigenvalue weighted by Gasteiger charge is 2.23. The second-order valence-corrected chi connectivity index (χ2v) is 7.83. The average Bonchev–Trinajstić information content (AvgIpc) is 2.57. The van der Waals surface area contributed by atoms with Gasteiger partial charge in [-0.2, -0.15) is 4.31 Å². The molecule has 0 radical (unpaired) electrons. The number of ketones is 1. The van der Waals surface area contributed by atoms with Crippen LogP contribution in [0.25, 0.3) is 0 Å². The molecule has 0 fully saturated rings. The number of Topliss-reactive ketones (excluding diaryl/α,β-unsaturated/α-hetero) is 1. The average molecular weight is 381 g/mol. The predicted molar refractivity (Wildman–Crippen MR) is 96.3 cm³/mol. The Morgan fingerprint density at radius 3 is 2.44 bits per heavy atom. The number of amides is 1. The van der Waals surface area contributed by atoms with Crippen molar-refractivity contribution in [2.75, 3.05) is 18.9 Å². The number of carbonyl (C=O) groups is 2. The highest BCUT2D eigenvalue weighted by atomic mass is 35.5. The summed E-state index contributed by atoms with van der Waals surface area (Å²) in [5.41, 5.74) is 0.688. The monoisotopic (exact) mass is 380 g/mol. The minimum Gasteiger partial charge on any atom is -0.324 e. The topological polar surface area (TPSA) is 83.6 Å². The van der Waals surface area contributed by atoms with Gasteiger partial charge in [0.05, 0.1) is 22.2 Å². The lowest BCUT2D eigenvalue weighted by Gasteiger charge is -2.17. The van der Waals surface area contributed by atoms with Gasteiger partial charge < -0.3 is 5.32 Å². The first-order valence-corrected chi connectivity index (χ1v) is 9.15. The van der Waals surface area contributed by atoms with Crippen molar-refractivity contribution in [1.82, 2.24) is 4.31 Å². The number of para-hydroxylation sites is 1. The Labute approximate surface area is 151 Å². The van der Waals surface area contributed by atoms with Crippen molar-refractivity contribution in [2.45, 2.75) is 11.8 Å². The van der Waals surface area contributed by atoms with Gasteiger partial charge in [0.1, 0.15) is 0 Å². The molecule has 0 aliphatic heterocycles. The van der Waals surface area contributed by atoms with Crippen molar-refractivity contribution in [2.24, 2.45) is 0 Å². The molecule has 2 rings (SSSR count). The molecule has 0 atom stereocenters. The Bertz CT molecular complexity index is 912. The molecular weight excluding hydrogens is 364 g/mol. The largest absolute Gasteiger partial charge is 0.324 e. The molecule has 0 aliphatic rings. The fourth-order valence-electron chi connectivity index (χ4n) is 2.10. The molecule has 0 aliphatic carbocycles. The molecule has 1 N–H and O–H groups in total. The zero-order valence-electron chi connectivity index (χ0n) is 13.7. The molecule has 132 valence electrons. The van der Waals surface area contributed by atoms with Gasteiger partial charge in [0.25, 0.3) is 0 Å². The molecule has 0 heterocycles. The van der Waals surface area contributed by atoms with E-state index in [9.17, 15) is 18.0 Å². The van der Waals surface area contributed by atoms with E-state index in [4.69, 9.17) is 11.6 Å². The number of halogens is 1. The van der Waals surface area contributed by atoms with Crippen molar-refractivity contribution in [3.05, 3.63) is 59.1 Å². The van der Waals surface area contributed by atoms with Gasteiger partial charge in [-0.25, -0.2) is 8.42 Å². The van der Waals surface area contributed by atoms with Gasteiger partial charge in [0.2, 0.25) is 15.9 Å². The van der Waals surface area contributed by atoms with E-state index in [1.54, 1.807) is 24.3 Å². The number of hydrogen-bond donors (Lipinski definition) is 1. The summed E-state index contributed by atoms with van der Waals surface area (Å²) in [6.45, 7) is 0.963. The van der Waals surface area contributed by atoms with Crippen molar-refractivity contribution in [1.29, 1.82) is 0 Å². The number of carbonyl (C=O) groups excluding carboxylic acids is 2. The maximum atomic E-state index is 12.6. The summed E-state index contributed by atoms with van der Waals surface area (Å²) < 4.78 is 26.1. The third kappa shape index (κ3) is 4.66. The van der Waals surface area contributed by atoms with Crippen molar-refractivity contribution in [3.8, 4) is 0 Å². The van der Waals surface area contributed by atoms with Crippen LogP contribution >= 0.6 is 11.6 Å². The summed E-state index contributed by atoms with van der Waals surface area (Å²) in [5.74, 6) is -0.766. The summed E-state index contributed by atoms with van der Waals surface area (Å²) in [6.07, 6.45) is 0. The zero-order chi connectivity index (χ0) is 18.6. The molecule has 25 heavy (non-hydrogen) atoms. The van der Waals surface area contributed by atoms with Gasteiger partial charge in [0.15, 0.2) is 5.78 Å². The Hall–Kier alpha value is -2.22. The summed E-state index contributed by atoms with van der Waals surface area (Å²) in [6, 6.07) is 12.3. The smallest absolute Gasteiger partial charge is 0.243 e. The Balaban J connectivity index is 2.15. The van der Waals surface area contributed by atoms with E-state index in [-0.39, 0.29) is 16.2 Å². The van der Waals surface area contributed by atoms with Crippen molar-refractivity contribution >= 4 is 39.0 Å². The van der Waals surface area contributed by atoms with Gasteiger partial charge in [-0.3, -0.25) is 9.59 Å². The molecule has 2 aromatic carbocycles. The standard InChI is InChI=1S/C17H17ClN2O4S/c1-12(21)13-6-5-7-14(10-13)25(23,24)20(2)11-17(22)19-16-9-4-3-8-15(16)18/h3-10H,11H2,1-2H3,(H,19,22). The van der Waals surface area contributed by atoms with Crippen LogP contribution < -0.4 is 5.32 Å². The summed E-state index contributed by atoms with van der Waals surface area (Å²) in [7, 11) is -2.61. The zero-order valence-corrected chi connectivity index (χ0v) is 15.3. The normalized spacial score (nSPS) is 11.4. The first-order valence-electron chi connectivity index (χ1n) is 7.33. The van der Waals surface area contributed by atoms with Crippen LogP contribution in [0.2, 0.25) is 5.02 Å². The molecule has 6 nitrogen and oxygen atoms in total. The third-order valence-corrected chi connectivity index (χ3v) is 5.59. The van der Waals surface area contributed by atoms with Gasteiger partial charge in [-0.1, -0.05) is 35.9 Å². The molecular formula is C17H17ClN2O4S. The van der Waals surface area contributed by atoms with Crippen LogP contribution in [0.1, 0.15) is 17.3 Å². The fraction of sp³-hybridized carbons (Fsp3) is 0.176. The minimum atomic E-state index is -3.91. The number of hydrogen-bond acceptors (Lipinski definition) is 4. The van der Waals surface area contributed by atoms with Crippen LogP contribution in [0.15, 0.2) is 53.4 Å². The SMILES string of the molecule is CC(=O)c1cccc(S(=O)(=O)N(C)CC(=O)Nc2ccccc2Cl)c1. The minimum absolute atomic E-state index is 0.0479. The number of nitrogens with one attached hydrogen (secondary N) is 1. The number of sulfonamides is 1. The lowest BCUT2D eigenvalue weighted by Crippen LogP contribution is -2.35. The van der Waals surface area contributed by atoms with E-state index in [2.05, 4.69) is 5.32 Å². The molecule has 0 bridgehead atoms. The number of benzene rings is 2. The fourth-order valence-corrected chi connectivity index (χ4v) is 3.45. The van der Waals surface area contributed by atoms with Gasteiger partial charge in [-0.05, 0) is 31.2 Å². The van der Waals surface area contributed by atoms with Gasteiger partial charge in [-0.15, -0.1) is 0 Å². The van der Waals surface area contributed by atoms with Crippen molar-refractivity contribution < 1.29 is 18.0 Å². The summed E-state index contributed by atoms with van der Waals surface area (Å²) in [5, 5.41) is 2.92. The Kier molecular flexibility index (Phi) is 5.94. The summed E-state index contributed by atoms with van der Waals surface area (Å²) >= 11 is 5.96. The van der Waals surface area contributed by atoms with Crippen LogP contribution in [-0.2, 0) is 14.8 Å². The number of anilines is 1. The van der Waals surface area contributed by atoms with Crippen LogP contribution in [0, 0.1) is 0 Å². The van der Waals surface area contributed by atoms with Crippen LogP contribution in [0.3, 0.4) is 0 Å². The van der Waals surface area contributed by atoms with Crippen LogP contribution in [-0.4, -0.2) is 38.0 Å². The maximum absolute atomic E-state index is 12.6. The highest BCUT2D eigenvalue weighted by Crippen LogP contribution is 2.21. The Morgan fingerprint density at radius 2 is 1.80 bits per heavy atom. The molecule has 8 heteroatoms. The van der Waals surface area contributed by atoms with Crippen LogP contribution in [0.4, 0.5) is 5.69 Å². The molecule has 0 spiro atoms. The molecule has 1 amide bonds. The number of likely N-dealkylation sites (N-methyl/N-ethyl adjacent to an activating group) is 1. The number of rotatable bonds is 6. The third-order valence-electron chi connectivity index (χ3n) is 3.46. The maximum Gasteiger partial charge on any atom is 0.243 e. The predicted octanol–water partition coefficient (Wildman–Crippen LogP) is 2.80. The summed E-state index contributed by atoms with van der Waals surface area (Å²) in [4.78, 5) is 23.5. The van der Waals surface area contributed by atoms with E-state index >= 15 is 0 Å². The first-order chi connectivity index (χ1) is 11.7. The van der Waals surface area contributed by atoms with Gasteiger partial charge >= 0.3 is 0 Å².